The van der Waals surface area contributed by atoms with Gasteiger partial charge in [0.05, 0.1) is 22.9 Å². The van der Waals surface area contributed by atoms with Gasteiger partial charge in [-0.2, -0.15) is 0 Å². The second kappa shape index (κ2) is 13.2. The minimum Gasteiger partial charge on any atom is -0.504 e. The Hall–Kier alpha value is -7.40. The van der Waals surface area contributed by atoms with Crippen LogP contribution >= 0.6 is 0 Å². The quantitative estimate of drug-likeness (QED) is 0.0452. The molecule has 0 saturated carbocycles. The largest absolute Gasteiger partial charge is 0.504 e. The van der Waals surface area contributed by atoms with E-state index in [4.69, 9.17) is 27.8 Å². The summed E-state index contributed by atoms with van der Waals surface area (Å²) >= 11 is 0. The molecule has 7 rings (SSSR count). The molecule has 0 radical (unpaired) electrons. The van der Waals surface area contributed by atoms with E-state index in [1.54, 1.807) is 0 Å². The molecule has 5 atom stereocenters. The second-order valence-corrected chi connectivity index (χ2v) is 12.2. The first-order valence-electron chi connectivity index (χ1n) is 15.6. The summed E-state index contributed by atoms with van der Waals surface area (Å²) < 4.78 is 31.4. The molecule has 292 valence electrons. The maximum absolute atomic E-state index is 13.8. The van der Waals surface area contributed by atoms with E-state index in [9.17, 15) is 80.5 Å². The van der Waals surface area contributed by atoms with E-state index in [2.05, 4.69) is 0 Å². The SMILES string of the molecule is O=C(O[C@H]1C(O)O[C@H](CO)[C@@H](O)C1OC(=O)c1cc(O)c(O)c(O)c1Oc1cc2c(=O)oc3c(O)c(O)cc4c(=O)oc(c1O)c2c34)c1cc(O)c(O)c(O)c1. The van der Waals surface area contributed by atoms with Gasteiger partial charge in [0.1, 0.15) is 17.8 Å². The van der Waals surface area contributed by atoms with E-state index in [1.165, 1.54) is 0 Å². The van der Waals surface area contributed by atoms with Gasteiger partial charge < -0.3 is 89.1 Å². The average Bonchev–Trinajstić information content (AvgIpc) is 3.15. The topological polar surface area (TPSA) is 374 Å². The van der Waals surface area contributed by atoms with Crippen LogP contribution in [0.25, 0.3) is 32.7 Å². The molecule has 0 aliphatic carbocycles. The highest BCUT2D eigenvalue weighted by atomic mass is 16.7. The molecule has 4 aromatic carbocycles. The first-order valence-corrected chi connectivity index (χ1v) is 15.6. The third-order valence-electron chi connectivity index (χ3n) is 8.78. The lowest BCUT2D eigenvalue weighted by Crippen LogP contribution is -2.61. The molecule has 12 N–H and O–H groups in total. The van der Waals surface area contributed by atoms with Crippen LogP contribution in [0.4, 0.5) is 0 Å². The number of hydrogen-bond acceptors (Lipinski definition) is 22. The zero-order valence-corrected chi connectivity index (χ0v) is 27.4. The summed E-state index contributed by atoms with van der Waals surface area (Å²) in [5, 5.41) is 122. The average molecular weight is 785 g/mol. The van der Waals surface area contributed by atoms with E-state index in [-0.39, 0.29) is 16.2 Å². The van der Waals surface area contributed by atoms with Crippen molar-refractivity contribution in [3.05, 3.63) is 62.3 Å². The minimum absolute atomic E-state index is 0.273. The van der Waals surface area contributed by atoms with Crippen LogP contribution in [0.5, 0.6) is 63.2 Å². The first kappa shape index (κ1) is 36.9. The summed E-state index contributed by atoms with van der Waals surface area (Å²) in [5.41, 5.74) is -5.57. The third kappa shape index (κ3) is 5.68. The van der Waals surface area contributed by atoms with Crippen LogP contribution < -0.4 is 16.0 Å². The number of aliphatic hydroxyl groups excluding tert-OH is 3. The maximum Gasteiger partial charge on any atom is 0.344 e. The Morgan fingerprint density at radius 2 is 1.16 bits per heavy atom. The van der Waals surface area contributed by atoms with Gasteiger partial charge in [-0.25, -0.2) is 19.2 Å². The Bertz CT molecular complexity index is 2710. The molecule has 1 aliphatic heterocycles. The normalized spacial score (nSPS) is 19.7. The standard InChI is InChI=1S/C34H24O22/c35-6-16-23(44)28(29(34(50)52-16)56-30(46)7-1-11(36)19(40)12(37)2-7)55-33(49)10-4-13(38)20(41)24(45)25(10)51-15-5-9-18-17-8(31(47)54-27(18)22(15)43)3-14(39)21(42)26(17)53-32(9)48/h1-5,16,23,28-29,34-45,50H,6H2/t16-,23-,28?,29-,34?/m1/s1. The number of carbonyl (C=O) groups excluding carboxylic acids is 2. The van der Waals surface area contributed by atoms with Gasteiger partial charge in [0.2, 0.25) is 23.0 Å². The van der Waals surface area contributed by atoms with Gasteiger partial charge >= 0.3 is 23.2 Å². The molecule has 2 aromatic heterocycles. The zero-order valence-electron chi connectivity index (χ0n) is 27.4. The van der Waals surface area contributed by atoms with Crippen molar-refractivity contribution in [3.63, 3.8) is 0 Å². The molecule has 2 unspecified atom stereocenters. The van der Waals surface area contributed by atoms with E-state index in [0.29, 0.717) is 18.2 Å². The molecule has 1 aliphatic rings. The lowest BCUT2D eigenvalue weighted by Gasteiger charge is -2.41. The number of hydrogen-bond donors (Lipinski definition) is 12. The zero-order chi connectivity index (χ0) is 40.7. The number of carbonyl (C=O) groups is 2. The van der Waals surface area contributed by atoms with E-state index >= 15 is 0 Å². The second-order valence-electron chi connectivity index (χ2n) is 12.2. The Kier molecular flexibility index (Phi) is 8.69. The van der Waals surface area contributed by atoms with Crippen LogP contribution in [-0.4, -0.2) is 111 Å². The molecular formula is C34H24O22. The number of phenols is 9. The molecule has 0 bridgehead atoms. The van der Waals surface area contributed by atoms with Crippen molar-refractivity contribution >= 4 is 44.6 Å². The van der Waals surface area contributed by atoms with Gasteiger partial charge in [-0.3, -0.25) is 0 Å². The van der Waals surface area contributed by atoms with Crippen LogP contribution in [0.1, 0.15) is 20.7 Å². The van der Waals surface area contributed by atoms with Gasteiger partial charge in [-0.15, -0.1) is 0 Å². The Morgan fingerprint density at radius 1 is 0.625 bits per heavy atom. The van der Waals surface area contributed by atoms with Gasteiger partial charge in [0, 0.05) is 22.9 Å². The van der Waals surface area contributed by atoms with E-state index in [1.807, 2.05) is 0 Å². The molecule has 0 spiro atoms. The number of ether oxygens (including phenoxy) is 4. The molecule has 22 nitrogen and oxygen atoms in total. The molecule has 1 saturated heterocycles. The van der Waals surface area contributed by atoms with Gasteiger partial charge in [-0.05, 0) is 18.2 Å². The summed E-state index contributed by atoms with van der Waals surface area (Å²) in [7, 11) is 0. The lowest BCUT2D eigenvalue weighted by atomic mass is 9.98. The minimum atomic E-state index is -2.27. The fourth-order valence-electron chi connectivity index (χ4n) is 6.06. The summed E-state index contributed by atoms with van der Waals surface area (Å²) in [6.45, 7) is -1.01. The predicted molar refractivity (Wildman–Crippen MR) is 178 cm³/mol. The highest BCUT2D eigenvalue weighted by molar-refractivity contribution is 6.22. The van der Waals surface area contributed by atoms with Crippen LogP contribution in [0.3, 0.4) is 0 Å². The molecule has 3 heterocycles. The molecule has 22 heteroatoms. The third-order valence-corrected chi connectivity index (χ3v) is 8.78. The maximum atomic E-state index is 13.8. The van der Waals surface area contributed by atoms with Crippen molar-refractivity contribution < 1.29 is 98.6 Å². The fraction of sp³-hybridized carbons (Fsp3) is 0.176. The highest BCUT2D eigenvalue weighted by Crippen LogP contribution is 2.50. The number of esters is 2. The Balaban J connectivity index is 1.30. The van der Waals surface area contributed by atoms with Crippen molar-refractivity contribution in [2.75, 3.05) is 6.61 Å². The number of rotatable bonds is 7. The molecule has 1 fully saturated rings. The molecule has 6 aromatic rings. The molecular weight excluding hydrogens is 760 g/mol. The fourth-order valence-corrected chi connectivity index (χ4v) is 6.06. The number of phenolic OH excluding ortho intramolecular Hbond substituents is 9. The van der Waals surface area contributed by atoms with Crippen molar-refractivity contribution in [2.24, 2.45) is 0 Å². The highest BCUT2D eigenvalue weighted by Gasteiger charge is 2.50. The summed E-state index contributed by atoms with van der Waals surface area (Å²) in [6.07, 6.45) is -10.5. The van der Waals surface area contributed by atoms with Gasteiger partial charge in [-0.1, -0.05) is 0 Å². The number of benzene rings is 4. The van der Waals surface area contributed by atoms with E-state index in [0.717, 1.165) is 12.1 Å². The van der Waals surface area contributed by atoms with Crippen molar-refractivity contribution in [1.82, 2.24) is 0 Å². The summed E-state index contributed by atoms with van der Waals surface area (Å²) in [5.74, 6) is -14.9. The van der Waals surface area contributed by atoms with Crippen molar-refractivity contribution in [3.8, 4) is 63.2 Å². The van der Waals surface area contributed by atoms with E-state index < -0.39 is 151 Å². The summed E-state index contributed by atoms with van der Waals surface area (Å²) in [6, 6.07) is 3.32. The molecule has 0 amide bonds. The number of aromatic hydroxyl groups is 9. The van der Waals surface area contributed by atoms with Crippen LogP contribution in [0.15, 0.2) is 48.8 Å². The Labute approximate surface area is 306 Å². The lowest BCUT2D eigenvalue weighted by molar-refractivity contribution is -0.285. The first-order chi connectivity index (χ1) is 26.4. The van der Waals surface area contributed by atoms with Crippen LogP contribution in [0, 0.1) is 0 Å². The Morgan fingerprint density at radius 3 is 1.77 bits per heavy atom. The predicted octanol–water partition coefficient (Wildman–Crippen LogP) is 0.454. The van der Waals surface area contributed by atoms with Crippen molar-refractivity contribution in [2.45, 2.75) is 30.7 Å². The monoisotopic (exact) mass is 784 g/mol. The number of aliphatic hydroxyl groups is 3. The summed E-state index contributed by atoms with van der Waals surface area (Å²) in [4.78, 5) is 52.7. The van der Waals surface area contributed by atoms with Gasteiger partial charge in [0.15, 0.2) is 69.9 Å². The molecule has 56 heavy (non-hydrogen) atoms. The van der Waals surface area contributed by atoms with Crippen LogP contribution in [-0.2, 0) is 14.2 Å². The van der Waals surface area contributed by atoms with Crippen LogP contribution in [0.2, 0.25) is 0 Å². The van der Waals surface area contributed by atoms with Crippen molar-refractivity contribution in [1.29, 1.82) is 0 Å². The van der Waals surface area contributed by atoms with Gasteiger partial charge in [0.25, 0.3) is 0 Å². The smallest absolute Gasteiger partial charge is 0.344 e.